The van der Waals surface area contributed by atoms with Gasteiger partial charge in [-0.3, -0.25) is 9.59 Å². The normalized spacial score (nSPS) is 26.9. The van der Waals surface area contributed by atoms with Crippen molar-refractivity contribution in [3.8, 4) is 0 Å². The smallest absolute Gasteiger partial charge is 0.308 e. The van der Waals surface area contributed by atoms with Crippen LogP contribution in [-0.2, 0) is 14.3 Å². The van der Waals surface area contributed by atoms with Crippen molar-refractivity contribution in [3.05, 3.63) is 0 Å². The highest BCUT2D eigenvalue weighted by Crippen LogP contribution is 2.31. The highest BCUT2D eigenvalue weighted by molar-refractivity contribution is 5.80. The van der Waals surface area contributed by atoms with Crippen LogP contribution >= 0.6 is 0 Å². The van der Waals surface area contributed by atoms with Crippen LogP contribution in [0.15, 0.2) is 0 Å². The minimum Gasteiger partial charge on any atom is -0.469 e. The first-order chi connectivity index (χ1) is 6.19. The molecule has 74 valence electrons. The molecule has 0 aromatic rings. The average Bonchev–Trinajstić information content (AvgIpc) is 2.64. The molecule has 2 atom stereocenters. The molecule has 1 saturated carbocycles. The van der Waals surface area contributed by atoms with Crippen LogP contribution in [0.1, 0.15) is 19.3 Å². The lowest BCUT2D eigenvalue weighted by molar-refractivity contribution is -0.145. The summed E-state index contributed by atoms with van der Waals surface area (Å²) in [7, 11) is 3.00. The second kappa shape index (κ2) is 4.25. The highest BCUT2D eigenvalue weighted by atomic mass is 16.5. The van der Waals surface area contributed by atoms with Gasteiger partial charge >= 0.3 is 5.97 Å². The first-order valence-corrected chi connectivity index (χ1v) is 4.48. The topological polar surface area (TPSA) is 55.4 Å². The highest BCUT2D eigenvalue weighted by Gasteiger charge is 2.33. The van der Waals surface area contributed by atoms with Gasteiger partial charge in [0.05, 0.1) is 13.0 Å². The van der Waals surface area contributed by atoms with Crippen LogP contribution in [0, 0.1) is 11.8 Å². The lowest BCUT2D eigenvalue weighted by atomic mass is 10.0. The molecule has 13 heavy (non-hydrogen) atoms. The minimum atomic E-state index is -0.189. The zero-order chi connectivity index (χ0) is 9.84. The lowest BCUT2D eigenvalue weighted by Crippen LogP contribution is -2.26. The molecule has 1 rings (SSSR count). The van der Waals surface area contributed by atoms with E-state index in [1.165, 1.54) is 7.11 Å². The van der Waals surface area contributed by atoms with Crippen LogP contribution in [0.4, 0.5) is 0 Å². The maximum atomic E-state index is 11.2. The van der Waals surface area contributed by atoms with Crippen LogP contribution in [0.25, 0.3) is 0 Å². The van der Waals surface area contributed by atoms with Crippen molar-refractivity contribution < 1.29 is 14.3 Å². The maximum absolute atomic E-state index is 11.2. The summed E-state index contributed by atoms with van der Waals surface area (Å²) in [6.07, 6.45) is 2.19. The summed E-state index contributed by atoms with van der Waals surface area (Å²) in [6, 6.07) is 0. The number of methoxy groups -OCH3 is 1. The second-order valence-electron chi connectivity index (χ2n) is 3.34. The Bertz CT molecular complexity index is 193. The van der Waals surface area contributed by atoms with Gasteiger partial charge in [0, 0.05) is 13.0 Å². The molecule has 4 heteroatoms. The molecule has 0 unspecified atom stereocenters. The van der Waals surface area contributed by atoms with Gasteiger partial charge < -0.3 is 10.1 Å². The quantitative estimate of drug-likeness (QED) is 0.630. The first-order valence-electron chi connectivity index (χ1n) is 4.48. The van der Waals surface area contributed by atoms with E-state index >= 15 is 0 Å². The fourth-order valence-corrected chi connectivity index (χ4v) is 1.80. The Morgan fingerprint density at radius 1 is 1.31 bits per heavy atom. The van der Waals surface area contributed by atoms with E-state index in [4.69, 9.17) is 0 Å². The largest absolute Gasteiger partial charge is 0.469 e. The van der Waals surface area contributed by atoms with Crippen molar-refractivity contribution in [1.29, 1.82) is 0 Å². The minimum absolute atomic E-state index is 0.00546. The van der Waals surface area contributed by atoms with E-state index in [1.807, 2.05) is 0 Å². The van der Waals surface area contributed by atoms with Gasteiger partial charge in [-0.1, -0.05) is 0 Å². The molecule has 1 N–H and O–H groups in total. The molecular formula is C9H15NO3. The van der Waals surface area contributed by atoms with Crippen LogP contribution < -0.4 is 5.32 Å². The zero-order valence-corrected chi connectivity index (χ0v) is 8.00. The van der Waals surface area contributed by atoms with E-state index in [1.54, 1.807) is 7.05 Å². The number of rotatable bonds is 2. The van der Waals surface area contributed by atoms with Gasteiger partial charge in [0.2, 0.25) is 5.91 Å². The van der Waals surface area contributed by atoms with E-state index in [0.29, 0.717) is 6.42 Å². The van der Waals surface area contributed by atoms with Crippen molar-refractivity contribution in [3.63, 3.8) is 0 Å². The van der Waals surface area contributed by atoms with Crippen LogP contribution in [0.5, 0.6) is 0 Å². The molecule has 4 nitrogen and oxygen atoms in total. The monoisotopic (exact) mass is 185 g/mol. The van der Waals surface area contributed by atoms with Gasteiger partial charge in [0.25, 0.3) is 0 Å². The molecule has 0 radical (unpaired) electrons. The summed E-state index contributed by atoms with van der Waals surface area (Å²) in [5.74, 6) is -0.237. The van der Waals surface area contributed by atoms with E-state index in [2.05, 4.69) is 10.1 Å². The summed E-state index contributed by atoms with van der Waals surface area (Å²) < 4.78 is 4.63. The number of amides is 1. The third-order valence-corrected chi connectivity index (χ3v) is 2.58. The summed E-state index contributed by atoms with van der Waals surface area (Å²) in [5, 5.41) is 2.59. The Labute approximate surface area is 77.6 Å². The predicted molar refractivity (Wildman–Crippen MR) is 46.9 cm³/mol. The number of carbonyl (C=O) groups excluding carboxylic acids is 2. The number of esters is 1. The van der Waals surface area contributed by atoms with Crippen molar-refractivity contribution >= 4 is 11.9 Å². The third-order valence-electron chi connectivity index (χ3n) is 2.58. The van der Waals surface area contributed by atoms with E-state index in [9.17, 15) is 9.59 Å². The van der Waals surface area contributed by atoms with Crippen LogP contribution in [-0.4, -0.2) is 26.0 Å². The van der Waals surface area contributed by atoms with Crippen molar-refractivity contribution in [2.75, 3.05) is 14.2 Å². The SMILES string of the molecule is CNC(=O)[C@@H]1CC[C@H](C(=O)OC)C1. The Morgan fingerprint density at radius 2 is 1.92 bits per heavy atom. The molecule has 0 heterocycles. The van der Waals surface area contributed by atoms with E-state index < -0.39 is 0 Å². The lowest BCUT2D eigenvalue weighted by Gasteiger charge is -2.07. The maximum Gasteiger partial charge on any atom is 0.308 e. The molecule has 1 aliphatic rings. The van der Waals surface area contributed by atoms with Crippen LogP contribution in [0.3, 0.4) is 0 Å². The van der Waals surface area contributed by atoms with Gasteiger partial charge in [-0.15, -0.1) is 0 Å². The molecule has 0 aliphatic heterocycles. The molecule has 1 aliphatic carbocycles. The van der Waals surface area contributed by atoms with Gasteiger partial charge in [-0.2, -0.15) is 0 Å². The van der Waals surface area contributed by atoms with Gasteiger partial charge in [0.15, 0.2) is 0 Å². The molecular weight excluding hydrogens is 170 g/mol. The van der Waals surface area contributed by atoms with Crippen molar-refractivity contribution in [2.45, 2.75) is 19.3 Å². The van der Waals surface area contributed by atoms with Crippen molar-refractivity contribution in [1.82, 2.24) is 5.32 Å². The van der Waals surface area contributed by atoms with Crippen molar-refractivity contribution in [2.24, 2.45) is 11.8 Å². The van der Waals surface area contributed by atoms with E-state index in [0.717, 1.165) is 12.8 Å². The number of ether oxygens (including phenoxy) is 1. The number of nitrogens with one attached hydrogen (secondary N) is 1. The van der Waals surface area contributed by atoms with Crippen LogP contribution in [0.2, 0.25) is 0 Å². The molecule has 0 aromatic heterocycles. The molecule has 1 fully saturated rings. The average molecular weight is 185 g/mol. The summed E-state index contributed by atoms with van der Waals surface area (Å²) >= 11 is 0. The number of hydrogen-bond acceptors (Lipinski definition) is 3. The van der Waals surface area contributed by atoms with Gasteiger partial charge in [-0.25, -0.2) is 0 Å². The Kier molecular flexibility index (Phi) is 3.28. The molecule has 0 bridgehead atoms. The molecule has 0 aromatic carbocycles. The zero-order valence-electron chi connectivity index (χ0n) is 8.00. The van der Waals surface area contributed by atoms with Gasteiger partial charge in [-0.05, 0) is 19.3 Å². The number of hydrogen-bond donors (Lipinski definition) is 1. The number of carbonyl (C=O) groups is 2. The molecule has 1 amide bonds. The first kappa shape index (κ1) is 10.0. The Morgan fingerprint density at radius 3 is 2.46 bits per heavy atom. The standard InChI is InChI=1S/C9H15NO3/c1-10-8(11)6-3-4-7(5-6)9(12)13-2/h6-7H,3-5H2,1-2H3,(H,10,11)/t6-,7+/m1/s1. The summed E-state index contributed by atoms with van der Waals surface area (Å²) in [6.45, 7) is 0. The Hall–Kier alpha value is -1.06. The summed E-state index contributed by atoms with van der Waals surface area (Å²) in [5.41, 5.74) is 0. The second-order valence-corrected chi connectivity index (χ2v) is 3.34. The predicted octanol–water partition coefficient (Wildman–Crippen LogP) is 0.322. The fraction of sp³-hybridized carbons (Fsp3) is 0.778. The fourth-order valence-electron chi connectivity index (χ4n) is 1.80. The summed E-state index contributed by atoms with van der Waals surface area (Å²) in [4.78, 5) is 22.3. The Balaban J connectivity index is 2.44. The van der Waals surface area contributed by atoms with E-state index in [-0.39, 0.29) is 23.7 Å². The van der Waals surface area contributed by atoms with Gasteiger partial charge in [0.1, 0.15) is 0 Å². The molecule has 0 spiro atoms. The third kappa shape index (κ3) is 2.20. The molecule has 0 saturated heterocycles.